The van der Waals surface area contributed by atoms with Crippen LogP contribution in [0.5, 0.6) is 5.75 Å². The van der Waals surface area contributed by atoms with Crippen molar-refractivity contribution in [2.45, 2.75) is 19.6 Å². The van der Waals surface area contributed by atoms with Crippen LogP contribution in [0.25, 0.3) is 11.0 Å². The summed E-state index contributed by atoms with van der Waals surface area (Å²) in [6, 6.07) is 11.4. The highest BCUT2D eigenvalue weighted by atomic mass is 16.5. The van der Waals surface area contributed by atoms with Gasteiger partial charge in [0.1, 0.15) is 5.75 Å². The average Bonchev–Trinajstić information content (AvgIpc) is 2.93. The minimum atomic E-state index is -0.208. The number of imidazole rings is 1. The summed E-state index contributed by atoms with van der Waals surface area (Å²) in [5.74, 6) is 0.664. The second-order valence-electron chi connectivity index (χ2n) is 5.43. The smallest absolute Gasteiger partial charge is 0.323 e. The van der Waals surface area contributed by atoms with Gasteiger partial charge in [0, 0.05) is 17.3 Å². The van der Waals surface area contributed by atoms with E-state index >= 15 is 0 Å². The van der Waals surface area contributed by atoms with E-state index in [1.807, 2.05) is 43.3 Å². The lowest BCUT2D eigenvalue weighted by Crippen LogP contribution is -2.07. The van der Waals surface area contributed by atoms with Gasteiger partial charge in [-0.2, -0.15) is 0 Å². The van der Waals surface area contributed by atoms with E-state index in [9.17, 15) is 9.90 Å². The maximum Gasteiger partial charge on any atom is 0.323 e. The Bertz CT molecular complexity index is 882. The Morgan fingerprint density at radius 1 is 1.17 bits per heavy atom. The quantitative estimate of drug-likeness (QED) is 0.582. The van der Waals surface area contributed by atoms with E-state index in [-0.39, 0.29) is 18.3 Å². The van der Waals surface area contributed by atoms with Gasteiger partial charge in [0.05, 0.1) is 24.8 Å². The van der Waals surface area contributed by atoms with E-state index in [0.717, 1.165) is 27.8 Å². The maximum absolute atomic E-state index is 11.3. The number of benzene rings is 2. The van der Waals surface area contributed by atoms with Crippen molar-refractivity contribution >= 4 is 16.7 Å². The molecule has 23 heavy (non-hydrogen) atoms. The van der Waals surface area contributed by atoms with Crippen molar-refractivity contribution in [3.63, 3.8) is 0 Å². The lowest BCUT2D eigenvalue weighted by Gasteiger charge is -2.17. The molecule has 0 aliphatic rings. The van der Waals surface area contributed by atoms with Crippen LogP contribution in [-0.2, 0) is 6.61 Å². The Kier molecular flexibility index (Phi) is 4.08. The fraction of sp³-hybridized carbons (Fsp3) is 0.235. The average molecular weight is 313 g/mol. The molecule has 3 rings (SSSR count). The van der Waals surface area contributed by atoms with Crippen molar-refractivity contribution in [1.82, 2.24) is 9.97 Å². The first-order valence-electron chi connectivity index (χ1n) is 7.37. The zero-order valence-corrected chi connectivity index (χ0v) is 13.0. The number of nitrogens with one attached hydrogen (secondary N) is 3. The molecule has 0 aliphatic heterocycles. The summed E-state index contributed by atoms with van der Waals surface area (Å²) in [6.07, 6.45) is 0. The Morgan fingerprint density at radius 2 is 1.96 bits per heavy atom. The highest BCUT2D eigenvalue weighted by Gasteiger charge is 2.09. The zero-order chi connectivity index (χ0) is 16.4. The molecule has 6 nitrogen and oxygen atoms in total. The number of aliphatic hydroxyl groups is 1. The van der Waals surface area contributed by atoms with E-state index in [4.69, 9.17) is 4.74 Å². The standard InChI is InChI=1S/C17H19N3O3/c1-10(11-3-5-14-15(8-11)20-17(22)19-14)18-13-4-6-16(23-2)12(7-13)9-21/h3-8,10,18,21H,9H2,1-2H3,(H2,19,20,22). The number of rotatable bonds is 5. The molecule has 0 radical (unpaired) electrons. The summed E-state index contributed by atoms with van der Waals surface area (Å²) in [7, 11) is 1.58. The van der Waals surface area contributed by atoms with Crippen LogP contribution >= 0.6 is 0 Å². The summed E-state index contributed by atoms with van der Waals surface area (Å²) >= 11 is 0. The fourth-order valence-electron chi connectivity index (χ4n) is 2.64. The van der Waals surface area contributed by atoms with Crippen molar-refractivity contribution in [2.24, 2.45) is 0 Å². The number of aromatic nitrogens is 2. The Morgan fingerprint density at radius 3 is 2.70 bits per heavy atom. The van der Waals surface area contributed by atoms with Crippen LogP contribution in [0.2, 0.25) is 0 Å². The van der Waals surface area contributed by atoms with Crippen LogP contribution in [0.3, 0.4) is 0 Å². The van der Waals surface area contributed by atoms with Gasteiger partial charge in [-0.3, -0.25) is 0 Å². The predicted molar refractivity (Wildman–Crippen MR) is 89.9 cm³/mol. The number of H-pyrrole nitrogens is 2. The first kappa shape index (κ1) is 15.2. The van der Waals surface area contributed by atoms with E-state index in [1.165, 1.54) is 0 Å². The summed E-state index contributed by atoms with van der Waals surface area (Å²) < 4.78 is 5.21. The minimum Gasteiger partial charge on any atom is -0.496 e. The Labute approximate surface area is 133 Å². The van der Waals surface area contributed by atoms with Crippen molar-refractivity contribution in [3.8, 4) is 5.75 Å². The number of hydrogen-bond acceptors (Lipinski definition) is 4. The van der Waals surface area contributed by atoms with Crippen LogP contribution in [0, 0.1) is 0 Å². The van der Waals surface area contributed by atoms with Gasteiger partial charge >= 0.3 is 5.69 Å². The van der Waals surface area contributed by atoms with Crippen molar-refractivity contribution in [3.05, 3.63) is 58.0 Å². The summed E-state index contributed by atoms with van der Waals surface area (Å²) in [5, 5.41) is 12.8. The Hall–Kier alpha value is -2.73. The lowest BCUT2D eigenvalue weighted by molar-refractivity contribution is 0.274. The van der Waals surface area contributed by atoms with Gasteiger partial charge in [-0.25, -0.2) is 4.79 Å². The molecule has 1 unspecified atom stereocenters. The number of ether oxygens (including phenoxy) is 1. The number of anilines is 1. The number of aromatic amines is 2. The molecule has 1 atom stereocenters. The van der Waals surface area contributed by atoms with Gasteiger partial charge < -0.3 is 25.1 Å². The molecule has 0 spiro atoms. The van der Waals surface area contributed by atoms with Gasteiger partial charge in [-0.05, 0) is 42.8 Å². The van der Waals surface area contributed by atoms with E-state index in [0.29, 0.717) is 5.75 Å². The first-order valence-corrected chi connectivity index (χ1v) is 7.37. The lowest BCUT2D eigenvalue weighted by atomic mass is 10.1. The molecular weight excluding hydrogens is 294 g/mol. The number of aliphatic hydroxyl groups excluding tert-OH is 1. The molecule has 0 fully saturated rings. The third kappa shape index (κ3) is 3.07. The summed E-state index contributed by atoms with van der Waals surface area (Å²) in [4.78, 5) is 16.8. The maximum atomic E-state index is 11.3. The molecule has 0 amide bonds. The molecule has 1 heterocycles. The monoisotopic (exact) mass is 313 g/mol. The van der Waals surface area contributed by atoms with E-state index in [1.54, 1.807) is 7.11 Å². The molecule has 1 aromatic heterocycles. The number of hydrogen-bond donors (Lipinski definition) is 4. The van der Waals surface area contributed by atoms with Crippen molar-refractivity contribution in [1.29, 1.82) is 0 Å². The molecule has 120 valence electrons. The molecule has 6 heteroatoms. The first-order chi connectivity index (χ1) is 11.1. The molecule has 3 aromatic rings. The second-order valence-corrected chi connectivity index (χ2v) is 5.43. The largest absolute Gasteiger partial charge is 0.496 e. The number of methoxy groups -OCH3 is 1. The molecule has 2 aromatic carbocycles. The molecule has 0 saturated heterocycles. The molecule has 0 saturated carbocycles. The van der Waals surface area contributed by atoms with Crippen LogP contribution in [0.4, 0.5) is 5.69 Å². The van der Waals surface area contributed by atoms with Crippen LogP contribution in [-0.4, -0.2) is 22.2 Å². The van der Waals surface area contributed by atoms with Gasteiger partial charge in [-0.1, -0.05) is 6.07 Å². The van der Waals surface area contributed by atoms with Crippen LogP contribution in [0.15, 0.2) is 41.2 Å². The van der Waals surface area contributed by atoms with Gasteiger partial charge in [-0.15, -0.1) is 0 Å². The SMILES string of the molecule is COc1ccc(NC(C)c2ccc3[nH]c(=O)[nH]c3c2)cc1CO. The molecule has 0 aliphatic carbocycles. The van der Waals surface area contributed by atoms with Crippen LogP contribution in [0.1, 0.15) is 24.1 Å². The summed E-state index contributed by atoms with van der Waals surface area (Å²) in [6.45, 7) is 1.96. The highest BCUT2D eigenvalue weighted by Crippen LogP contribution is 2.26. The van der Waals surface area contributed by atoms with E-state index in [2.05, 4.69) is 15.3 Å². The normalized spacial score (nSPS) is 12.3. The zero-order valence-electron chi connectivity index (χ0n) is 13.0. The topological polar surface area (TPSA) is 90.1 Å². The molecular formula is C17H19N3O3. The number of fused-ring (bicyclic) bond motifs is 1. The van der Waals surface area contributed by atoms with Crippen molar-refractivity contribution in [2.75, 3.05) is 12.4 Å². The van der Waals surface area contributed by atoms with E-state index < -0.39 is 0 Å². The second kappa shape index (κ2) is 6.18. The summed E-state index contributed by atoms with van der Waals surface area (Å²) in [5.41, 5.74) is 4.04. The Balaban J connectivity index is 1.84. The van der Waals surface area contributed by atoms with Crippen molar-refractivity contribution < 1.29 is 9.84 Å². The van der Waals surface area contributed by atoms with Gasteiger partial charge in [0.2, 0.25) is 0 Å². The predicted octanol–water partition coefficient (Wildman–Crippen LogP) is 2.53. The fourth-order valence-corrected chi connectivity index (χ4v) is 2.64. The minimum absolute atomic E-state index is 0.0396. The molecule has 4 N–H and O–H groups in total. The third-order valence-corrected chi connectivity index (χ3v) is 3.87. The highest BCUT2D eigenvalue weighted by molar-refractivity contribution is 5.75. The molecule has 0 bridgehead atoms. The van der Waals surface area contributed by atoms with Gasteiger partial charge in [0.15, 0.2) is 0 Å². The van der Waals surface area contributed by atoms with Gasteiger partial charge in [0.25, 0.3) is 0 Å². The van der Waals surface area contributed by atoms with Crippen LogP contribution < -0.4 is 15.7 Å². The third-order valence-electron chi connectivity index (χ3n) is 3.87.